The minimum Gasteiger partial charge on any atom is -0.236 e. The summed E-state index contributed by atoms with van der Waals surface area (Å²) >= 11 is 0. The smallest absolute Gasteiger partial charge is 0.159 e. The first kappa shape index (κ1) is 29.3. The summed E-state index contributed by atoms with van der Waals surface area (Å²) in [5.41, 5.74) is 3.67. The largest absolute Gasteiger partial charge is 0.236 e. The molecule has 0 saturated heterocycles. The molecule has 3 rings (SSSR count). The molecule has 0 aliphatic heterocycles. The van der Waals surface area contributed by atoms with Crippen molar-refractivity contribution in [3.05, 3.63) is 47.8 Å². The first-order valence-electron chi connectivity index (χ1n) is 15.5. The van der Waals surface area contributed by atoms with E-state index in [9.17, 15) is 5.26 Å². The highest BCUT2D eigenvalue weighted by Gasteiger charge is 2.35. The number of nitrogens with zero attached hydrogens (tertiary/aromatic N) is 3. The topological polar surface area (TPSA) is 49.6 Å². The Labute approximate surface area is 227 Å². The van der Waals surface area contributed by atoms with Crippen LogP contribution in [-0.2, 0) is 6.42 Å². The van der Waals surface area contributed by atoms with Gasteiger partial charge in [0.05, 0.1) is 11.5 Å². The lowest BCUT2D eigenvalue weighted by molar-refractivity contribution is 0.223. The second-order valence-electron chi connectivity index (χ2n) is 11.6. The predicted octanol–water partition coefficient (Wildman–Crippen LogP) is 10.4. The maximum atomic E-state index is 9.93. The van der Waals surface area contributed by atoms with Gasteiger partial charge in [-0.15, -0.1) is 0 Å². The van der Waals surface area contributed by atoms with Crippen LogP contribution in [0.2, 0.25) is 0 Å². The fourth-order valence-corrected chi connectivity index (χ4v) is 5.99. The van der Waals surface area contributed by atoms with Crippen molar-refractivity contribution in [1.29, 1.82) is 5.26 Å². The molecule has 3 nitrogen and oxygen atoms in total. The van der Waals surface area contributed by atoms with E-state index in [2.05, 4.69) is 54.2 Å². The fourth-order valence-electron chi connectivity index (χ4n) is 5.99. The minimum absolute atomic E-state index is 0.0765. The zero-order chi connectivity index (χ0) is 26.2. The van der Waals surface area contributed by atoms with Crippen molar-refractivity contribution in [3.8, 4) is 17.5 Å². The van der Waals surface area contributed by atoms with Gasteiger partial charge in [0, 0.05) is 18.0 Å². The molecule has 0 N–H and O–H groups in total. The highest BCUT2D eigenvalue weighted by atomic mass is 14.9. The Morgan fingerprint density at radius 1 is 0.757 bits per heavy atom. The molecule has 1 fully saturated rings. The van der Waals surface area contributed by atoms with Crippen molar-refractivity contribution in [3.63, 3.8) is 0 Å². The average Bonchev–Trinajstić information content (AvgIpc) is 2.95. The lowest BCUT2D eigenvalue weighted by Gasteiger charge is -2.35. The predicted molar refractivity (Wildman–Crippen MR) is 156 cm³/mol. The van der Waals surface area contributed by atoms with Gasteiger partial charge in [-0.05, 0) is 62.0 Å². The van der Waals surface area contributed by atoms with Crippen LogP contribution in [0.3, 0.4) is 0 Å². The summed E-state index contributed by atoms with van der Waals surface area (Å²) in [6.45, 7) is 4.53. The third-order valence-corrected chi connectivity index (χ3v) is 8.60. The van der Waals surface area contributed by atoms with Gasteiger partial charge < -0.3 is 0 Å². The van der Waals surface area contributed by atoms with E-state index in [0.29, 0.717) is 5.92 Å². The van der Waals surface area contributed by atoms with Gasteiger partial charge >= 0.3 is 0 Å². The third kappa shape index (κ3) is 9.88. The van der Waals surface area contributed by atoms with Gasteiger partial charge in [-0.2, -0.15) is 5.26 Å². The Balaban J connectivity index is 1.41. The quantitative estimate of drug-likeness (QED) is 0.202. The molecule has 1 saturated carbocycles. The monoisotopic (exact) mass is 501 g/mol. The minimum atomic E-state index is -0.0765. The van der Waals surface area contributed by atoms with E-state index in [1.165, 1.54) is 94.6 Å². The van der Waals surface area contributed by atoms with Crippen molar-refractivity contribution in [2.24, 2.45) is 5.41 Å². The zero-order valence-electron chi connectivity index (χ0n) is 23.8. The van der Waals surface area contributed by atoms with Crippen LogP contribution in [0, 0.1) is 16.7 Å². The van der Waals surface area contributed by atoms with Crippen molar-refractivity contribution in [1.82, 2.24) is 9.97 Å². The van der Waals surface area contributed by atoms with Gasteiger partial charge in [-0.1, -0.05) is 115 Å². The number of rotatable bonds is 17. The van der Waals surface area contributed by atoms with E-state index in [1.54, 1.807) is 0 Å². The van der Waals surface area contributed by atoms with E-state index in [1.807, 2.05) is 12.4 Å². The van der Waals surface area contributed by atoms with Crippen LogP contribution in [0.5, 0.6) is 0 Å². The number of aryl methyl sites for hydroxylation is 1. The van der Waals surface area contributed by atoms with Gasteiger partial charge in [0.25, 0.3) is 0 Å². The maximum absolute atomic E-state index is 9.93. The fraction of sp³-hybridized carbons (Fsp3) is 0.676. The standard InChI is InChI=1S/C34H51N3/c1-3-5-7-9-10-11-12-14-16-29-26-36-33(37-27-29)32-19-17-30(18-20-32)31-21-24-34(28-35,25-22-31)23-15-13-8-6-4-2/h17-20,26-27,31H,3-16,21-25H2,1-2H3. The molecule has 0 spiro atoms. The lowest BCUT2D eigenvalue weighted by Crippen LogP contribution is -2.25. The average molecular weight is 502 g/mol. The van der Waals surface area contributed by atoms with Gasteiger partial charge in [0.1, 0.15) is 0 Å². The van der Waals surface area contributed by atoms with Crippen LogP contribution in [0.4, 0.5) is 0 Å². The highest BCUT2D eigenvalue weighted by molar-refractivity contribution is 5.55. The molecule has 2 aromatic rings. The molecule has 1 heterocycles. The third-order valence-electron chi connectivity index (χ3n) is 8.60. The molecular weight excluding hydrogens is 450 g/mol. The Kier molecular flexibility index (Phi) is 13.2. The van der Waals surface area contributed by atoms with Gasteiger partial charge in [0.15, 0.2) is 5.82 Å². The van der Waals surface area contributed by atoms with E-state index >= 15 is 0 Å². The van der Waals surface area contributed by atoms with Crippen LogP contribution in [0.25, 0.3) is 11.4 Å². The number of aromatic nitrogens is 2. The summed E-state index contributed by atoms with van der Waals surface area (Å²) in [5.74, 6) is 1.40. The van der Waals surface area contributed by atoms with Crippen LogP contribution in [-0.4, -0.2) is 9.97 Å². The van der Waals surface area contributed by atoms with Gasteiger partial charge in [0.2, 0.25) is 0 Å². The molecule has 37 heavy (non-hydrogen) atoms. The Hall–Kier alpha value is -2.21. The van der Waals surface area contributed by atoms with Crippen molar-refractivity contribution in [2.75, 3.05) is 0 Å². The first-order valence-corrected chi connectivity index (χ1v) is 15.5. The number of unbranched alkanes of at least 4 members (excludes halogenated alkanes) is 11. The van der Waals surface area contributed by atoms with Gasteiger partial charge in [-0.25, -0.2) is 9.97 Å². The first-order chi connectivity index (χ1) is 18.2. The molecule has 0 amide bonds. The van der Waals surface area contributed by atoms with E-state index in [4.69, 9.17) is 0 Å². The molecule has 3 heteroatoms. The molecule has 0 bridgehead atoms. The zero-order valence-corrected chi connectivity index (χ0v) is 23.8. The molecule has 202 valence electrons. The normalized spacial score (nSPS) is 19.5. The second-order valence-corrected chi connectivity index (χ2v) is 11.6. The number of nitriles is 1. The van der Waals surface area contributed by atoms with Crippen LogP contribution >= 0.6 is 0 Å². The number of hydrogen-bond donors (Lipinski definition) is 0. The van der Waals surface area contributed by atoms with E-state index in [-0.39, 0.29) is 5.41 Å². The van der Waals surface area contributed by atoms with Crippen LogP contribution in [0.1, 0.15) is 146 Å². The summed E-state index contributed by atoms with van der Waals surface area (Å²) in [6, 6.07) is 11.6. The Morgan fingerprint density at radius 2 is 1.30 bits per heavy atom. The molecule has 1 aromatic heterocycles. The SMILES string of the molecule is CCCCCCCCCCc1cnc(-c2ccc(C3CCC(C#N)(CCCCCCC)CC3)cc2)nc1. The summed E-state index contributed by atoms with van der Waals surface area (Å²) < 4.78 is 0. The van der Waals surface area contributed by atoms with Gasteiger partial charge in [-0.3, -0.25) is 0 Å². The molecular formula is C34H51N3. The molecule has 0 unspecified atom stereocenters. The lowest BCUT2D eigenvalue weighted by atomic mass is 9.67. The van der Waals surface area contributed by atoms with E-state index < -0.39 is 0 Å². The number of benzene rings is 1. The Bertz CT molecular complexity index is 902. The molecule has 1 aliphatic rings. The summed E-state index contributed by atoms with van der Waals surface area (Å²) in [6.07, 6.45) is 27.8. The summed E-state index contributed by atoms with van der Waals surface area (Å²) in [5, 5.41) is 9.93. The Morgan fingerprint density at radius 3 is 1.86 bits per heavy atom. The maximum Gasteiger partial charge on any atom is 0.159 e. The number of hydrogen-bond acceptors (Lipinski definition) is 3. The molecule has 0 atom stereocenters. The van der Waals surface area contributed by atoms with Crippen LogP contribution in [0.15, 0.2) is 36.7 Å². The van der Waals surface area contributed by atoms with Crippen molar-refractivity contribution >= 4 is 0 Å². The highest BCUT2D eigenvalue weighted by Crippen LogP contribution is 2.45. The molecule has 0 radical (unpaired) electrons. The van der Waals surface area contributed by atoms with Crippen LogP contribution < -0.4 is 0 Å². The van der Waals surface area contributed by atoms with Crippen molar-refractivity contribution in [2.45, 2.75) is 142 Å². The van der Waals surface area contributed by atoms with E-state index in [0.717, 1.165) is 49.9 Å². The summed E-state index contributed by atoms with van der Waals surface area (Å²) in [7, 11) is 0. The molecule has 1 aliphatic carbocycles. The summed E-state index contributed by atoms with van der Waals surface area (Å²) in [4.78, 5) is 9.34. The second kappa shape index (κ2) is 16.6. The van der Waals surface area contributed by atoms with Crippen molar-refractivity contribution < 1.29 is 0 Å². The molecule has 1 aromatic carbocycles.